The smallest absolute Gasteiger partial charge is 0.217 e. The number of ketones is 1. The summed E-state index contributed by atoms with van der Waals surface area (Å²) in [6.45, 7) is 7.77. The van der Waals surface area contributed by atoms with E-state index >= 15 is 0 Å². The van der Waals surface area contributed by atoms with Gasteiger partial charge in [0.25, 0.3) is 0 Å². The number of hydrogen-bond acceptors (Lipinski definition) is 5. The van der Waals surface area contributed by atoms with Gasteiger partial charge >= 0.3 is 0 Å². The SMILES string of the molecule is C#C.CC(C)Oc1ccc(C(=O)CCCC(N)=O)cc1.COc1ccc(CCCN2CCCC2)cc1. The molecule has 6 nitrogen and oxygen atoms in total. The van der Waals surface area contributed by atoms with E-state index in [9.17, 15) is 9.59 Å². The molecule has 1 aliphatic rings. The summed E-state index contributed by atoms with van der Waals surface area (Å²) in [7, 11) is 1.71. The number of hydrogen-bond donors (Lipinski definition) is 1. The van der Waals surface area contributed by atoms with Crippen LogP contribution in [0.3, 0.4) is 0 Å². The first-order valence-corrected chi connectivity index (χ1v) is 12.6. The molecule has 2 aromatic carbocycles. The molecular weight excluding hydrogens is 452 g/mol. The maximum atomic E-state index is 11.8. The number of ether oxygens (including phenoxy) is 2. The zero-order valence-electron chi connectivity index (χ0n) is 22.1. The van der Waals surface area contributed by atoms with Crippen molar-refractivity contribution in [2.75, 3.05) is 26.7 Å². The van der Waals surface area contributed by atoms with E-state index in [0.717, 1.165) is 11.5 Å². The first-order chi connectivity index (χ1) is 17.4. The Morgan fingerprint density at radius 1 is 0.917 bits per heavy atom. The average Bonchev–Trinajstić information content (AvgIpc) is 3.39. The van der Waals surface area contributed by atoms with Crippen molar-refractivity contribution in [3.63, 3.8) is 0 Å². The molecule has 0 aliphatic carbocycles. The van der Waals surface area contributed by atoms with E-state index in [2.05, 4.69) is 29.9 Å². The average molecular weight is 495 g/mol. The van der Waals surface area contributed by atoms with Crippen LogP contribution in [-0.2, 0) is 11.2 Å². The molecule has 6 heteroatoms. The molecule has 2 aromatic rings. The summed E-state index contributed by atoms with van der Waals surface area (Å²) in [6.07, 6.45) is 14.4. The second-order valence-electron chi connectivity index (χ2n) is 8.93. The largest absolute Gasteiger partial charge is 0.497 e. The van der Waals surface area contributed by atoms with Crippen molar-refractivity contribution < 1.29 is 19.1 Å². The number of rotatable bonds is 12. The van der Waals surface area contributed by atoms with Crippen LogP contribution in [0, 0.1) is 12.8 Å². The Hall–Kier alpha value is -3.30. The van der Waals surface area contributed by atoms with E-state index in [1.807, 2.05) is 26.0 Å². The fourth-order valence-electron chi connectivity index (χ4n) is 3.86. The van der Waals surface area contributed by atoms with Crippen LogP contribution < -0.4 is 15.2 Å². The maximum absolute atomic E-state index is 11.8. The molecule has 2 N–H and O–H groups in total. The minimum absolute atomic E-state index is 0.0207. The molecule has 0 saturated carbocycles. The molecule has 196 valence electrons. The quantitative estimate of drug-likeness (QED) is 0.320. The van der Waals surface area contributed by atoms with Crippen LogP contribution in [0.15, 0.2) is 48.5 Å². The summed E-state index contributed by atoms with van der Waals surface area (Å²) in [6, 6.07) is 15.5. The zero-order valence-corrected chi connectivity index (χ0v) is 22.1. The van der Waals surface area contributed by atoms with Crippen molar-refractivity contribution in [3.8, 4) is 24.3 Å². The van der Waals surface area contributed by atoms with Crippen LogP contribution in [0.25, 0.3) is 0 Å². The Morgan fingerprint density at radius 3 is 2.03 bits per heavy atom. The van der Waals surface area contributed by atoms with Gasteiger partial charge in [0.2, 0.25) is 5.91 Å². The molecule has 0 radical (unpaired) electrons. The number of nitrogens with zero attached hydrogens (tertiary/aromatic N) is 1. The second-order valence-corrected chi connectivity index (χ2v) is 8.93. The third-order valence-corrected chi connectivity index (χ3v) is 5.67. The lowest BCUT2D eigenvalue weighted by Crippen LogP contribution is -2.20. The molecule has 0 atom stereocenters. The van der Waals surface area contributed by atoms with Gasteiger partial charge in [0.1, 0.15) is 11.5 Å². The summed E-state index contributed by atoms with van der Waals surface area (Å²) >= 11 is 0. The van der Waals surface area contributed by atoms with Crippen LogP contribution in [0.4, 0.5) is 0 Å². The van der Waals surface area contributed by atoms with E-state index in [4.69, 9.17) is 15.2 Å². The van der Waals surface area contributed by atoms with Crippen LogP contribution in [0.5, 0.6) is 11.5 Å². The zero-order chi connectivity index (χ0) is 26.8. The highest BCUT2D eigenvalue weighted by Crippen LogP contribution is 2.16. The number of amides is 1. The minimum Gasteiger partial charge on any atom is -0.497 e. The molecule has 0 aromatic heterocycles. The highest BCUT2D eigenvalue weighted by molar-refractivity contribution is 5.96. The number of nitrogens with two attached hydrogens (primary N) is 1. The molecule has 1 aliphatic heterocycles. The van der Waals surface area contributed by atoms with Gasteiger partial charge in [-0.25, -0.2) is 0 Å². The second kappa shape index (κ2) is 18.0. The topological polar surface area (TPSA) is 81.9 Å². The molecular formula is C30H42N2O4. The number of likely N-dealkylation sites (tertiary alicyclic amines) is 1. The number of methoxy groups -OCH3 is 1. The molecule has 1 amide bonds. The van der Waals surface area contributed by atoms with Crippen LogP contribution in [-0.4, -0.2) is 49.4 Å². The van der Waals surface area contributed by atoms with Crippen LogP contribution in [0.2, 0.25) is 0 Å². The molecule has 0 bridgehead atoms. The lowest BCUT2D eigenvalue weighted by molar-refractivity contribution is -0.118. The predicted octanol–water partition coefficient (Wildman–Crippen LogP) is 5.29. The Labute approximate surface area is 217 Å². The number of carbonyl (C=O) groups excluding carboxylic acids is 2. The van der Waals surface area contributed by atoms with Crippen molar-refractivity contribution in [2.24, 2.45) is 5.73 Å². The summed E-state index contributed by atoms with van der Waals surface area (Å²) in [5.41, 5.74) is 7.07. The van der Waals surface area contributed by atoms with Crippen molar-refractivity contribution >= 4 is 11.7 Å². The molecule has 1 fully saturated rings. The molecule has 0 spiro atoms. The van der Waals surface area contributed by atoms with E-state index in [0.29, 0.717) is 18.4 Å². The fraction of sp³-hybridized carbons (Fsp3) is 0.467. The van der Waals surface area contributed by atoms with Gasteiger partial charge in [-0.1, -0.05) is 12.1 Å². The van der Waals surface area contributed by atoms with Gasteiger partial charge in [-0.05, 0) is 108 Å². The normalized spacial score (nSPS) is 12.6. The summed E-state index contributed by atoms with van der Waals surface area (Å²) in [5, 5.41) is 0. The van der Waals surface area contributed by atoms with Gasteiger partial charge in [-0.2, -0.15) is 0 Å². The minimum atomic E-state index is -0.372. The fourth-order valence-corrected chi connectivity index (χ4v) is 3.86. The summed E-state index contributed by atoms with van der Waals surface area (Å²) in [4.78, 5) is 24.9. The van der Waals surface area contributed by atoms with E-state index < -0.39 is 0 Å². The van der Waals surface area contributed by atoms with Gasteiger partial charge in [-0.15, -0.1) is 12.8 Å². The van der Waals surface area contributed by atoms with Crippen LogP contribution >= 0.6 is 0 Å². The molecule has 36 heavy (non-hydrogen) atoms. The van der Waals surface area contributed by atoms with E-state index in [-0.39, 0.29) is 24.2 Å². The lowest BCUT2D eigenvalue weighted by atomic mass is 10.1. The van der Waals surface area contributed by atoms with Gasteiger partial charge in [0, 0.05) is 18.4 Å². The lowest BCUT2D eigenvalue weighted by Gasteiger charge is -2.13. The monoisotopic (exact) mass is 494 g/mol. The van der Waals surface area contributed by atoms with Crippen molar-refractivity contribution in [1.29, 1.82) is 0 Å². The van der Waals surface area contributed by atoms with Gasteiger partial charge in [-0.3, -0.25) is 9.59 Å². The number of terminal acetylenes is 1. The van der Waals surface area contributed by atoms with E-state index in [1.54, 1.807) is 31.4 Å². The highest BCUT2D eigenvalue weighted by atomic mass is 16.5. The number of Topliss-reactive ketones (excluding diaryl/α,β-unsaturated/α-hetero) is 1. The van der Waals surface area contributed by atoms with Crippen molar-refractivity contribution in [1.82, 2.24) is 4.90 Å². The molecule has 0 unspecified atom stereocenters. The summed E-state index contributed by atoms with van der Waals surface area (Å²) in [5.74, 6) is 1.35. The number of carbonyl (C=O) groups is 2. The molecule has 1 heterocycles. The summed E-state index contributed by atoms with van der Waals surface area (Å²) < 4.78 is 10.6. The van der Waals surface area contributed by atoms with Crippen molar-refractivity contribution in [2.45, 2.75) is 64.9 Å². The Morgan fingerprint density at radius 2 is 1.50 bits per heavy atom. The maximum Gasteiger partial charge on any atom is 0.217 e. The number of benzene rings is 2. The Kier molecular flexibility index (Phi) is 15.4. The number of aryl methyl sites for hydroxylation is 1. The van der Waals surface area contributed by atoms with Gasteiger partial charge in [0.05, 0.1) is 13.2 Å². The first kappa shape index (κ1) is 30.7. The molecule has 1 saturated heterocycles. The standard InChI is InChI=1S/C14H19NO3.C14H21NO.C2H2/c1-10(2)18-12-8-6-11(7-9-12)13(16)4-3-5-14(15)17;1-16-14-8-6-13(7-9-14)5-4-12-15-10-2-3-11-15;1-2/h6-10H,3-5H2,1-2H3,(H2,15,17);6-9H,2-5,10-12H2,1H3;1-2H. The highest BCUT2D eigenvalue weighted by Gasteiger charge is 2.10. The third-order valence-electron chi connectivity index (χ3n) is 5.67. The predicted molar refractivity (Wildman–Crippen MR) is 146 cm³/mol. The van der Waals surface area contributed by atoms with E-state index in [1.165, 1.54) is 50.9 Å². The van der Waals surface area contributed by atoms with Crippen LogP contribution in [0.1, 0.15) is 68.3 Å². The third kappa shape index (κ3) is 13.0. The van der Waals surface area contributed by atoms with Gasteiger partial charge < -0.3 is 20.1 Å². The van der Waals surface area contributed by atoms with Crippen molar-refractivity contribution in [3.05, 3.63) is 59.7 Å². The Bertz CT molecular complexity index is 899. The van der Waals surface area contributed by atoms with Gasteiger partial charge in [0.15, 0.2) is 5.78 Å². The molecule has 3 rings (SSSR count). The Balaban J connectivity index is 0.000000338. The first-order valence-electron chi connectivity index (χ1n) is 12.6. The number of primary amides is 1.